The number of hydrogen-bond donors (Lipinski definition) is 2. The quantitative estimate of drug-likeness (QED) is 0.170. The number of aliphatic hydroxyl groups is 2. The second kappa shape index (κ2) is 19.4. The van der Waals surface area contributed by atoms with Crippen LogP contribution in [0.2, 0.25) is 0 Å². The maximum absolute atomic E-state index is 13.0. The van der Waals surface area contributed by atoms with Gasteiger partial charge in [-0.2, -0.15) is 5.10 Å². The van der Waals surface area contributed by atoms with Crippen molar-refractivity contribution in [1.82, 2.24) is 29.5 Å². The van der Waals surface area contributed by atoms with Crippen molar-refractivity contribution in [3.8, 4) is 34.2 Å². The molecule has 6 aromatic rings. The molecule has 8 nitrogen and oxygen atoms in total. The second-order valence-electron chi connectivity index (χ2n) is 11.4. The zero-order chi connectivity index (χ0) is 34.1. The van der Waals surface area contributed by atoms with Crippen LogP contribution in [0.4, 0.5) is 8.78 Å². The van der Waals surface area contributed by atoms with E-state index in [9.17, 15) is 8.78 Å². The van der Waals surface area contributed by atoms with Gasteiger partial charge in [0.1, 0.15) is 18.5 Å². The molecule has 0 bridgehead atoms. The van der Waals surface area contributed by atoms with Gasteiger partial charge in [0.2, 0.25) is 0 Å². The van der Waals surface area contributed by atoms with Crippen LogP contribution < -0.4 is 0 Å². The smallest absolute Gasteiger partial charge is 0.168 e. The number of aryl methyl sites for hydroxylation is 4. The average Bonchev–Trinajstić information content (AvgIpc) is 3.69. The number of aromatic nitrogens is 6. The van der Waals surface area contributed by atoms with E-state index in [1.807, 2.05) is 47.2 Å². The number of para-hydroxylation sites is 2. The molecular formula is C37H39F2Ir2N6O2-. The van der Waals surface area contributed by atoms with Crippen molar-refractivity contribution in [1.29, 1.82) is 0 Å². The summed E-state index contributed by atoms with van der Waals surface area (Å²) in [6, 6.07) is 25.8. The molecule has 2 heterocycles. The molecule has 0 spiro atoms. The van der Waals surface area contributed by atoms with Crippen molar-refractivity contribution in [3.63, 3.8) is 0 Å². The van der Waals surface area contributed by atoms with E-state index in [0.29, 0.717) is 23.6 Å². The molecule has 2 aromatic heterocycles. The predicted molar refractivity (Wildman–Crippen MR) is 179 cm³/mol. The molecule has 0 saturated carbocycles. The molecule has 2 atom stereocenters. The van der Waals surface area contributed by atoms with E-state index in [4.69, 9.17) is 10.2 Å². The first-order chi connectivity index (χ1) is 22.5. The van der Waals surface area contributed by atoms with Crippen LogP contribution in [-0.2, 0) is 40.2 Å². The van der Waals surface area contributed by atoms with Crippen molar-refractivity contribution in [2.45, 2.75) is 60.2 Å². The molecule has 6 rings (SSSR count). The zero-order valence-electron chi connectivity index (χ0n) is 28.0. The first-order valence-electron chi connectivity index (χ1n) is 15.2. The SMILES string of the molecule is CC(O)CC(C)O.Cc1cccc(C)c1-n1cnnc1-c1[c-]cc(F)cc1.Cc1cccc(C)c1-n1cnnc1-c1ccc(F)cc1.[Ir].[Ir]. The fourth-order valence-electron chi connectivity index (χ4n) is 5.19. The summed E-state index contributed by atoms with van der Waals surface area (Å²) in [4.78, 5) is 0. The summed E-state index contributed by atoms with van der Waals surface area (Å²) in [5.74, 6) is 0.795. The maximum Gasteiger partial charge on any atom is 0.168 e. The average molecular weight is 1020 g/mol. The normalized spacial score (nSPS) is 11.5. The summed E-state index contributed by atoms with van der Waals surface area (Å²) >= 11 is 0. The van der Waals surface area contributed by atoms with E-state index in [1.54, 1.807) is 44.7 Å². The number of aliphatic hydroxyl groups excluding tert-OH is 2. The molecule has 12 heteroatoms. The van der Waals surface area contributed by atoms with Gasteiger partial charge in [-0.15, -0.1) is 45.1 Å². The summed E-state index contributed by atoms with van der Waals surface area (Å²) in [6.45, 7) is 11.5. The third-order valence-corrected chi connectivity index (χ3v) is 7.26. The van der Waals surface area contributed by atoms with E-state index in [2.05, 4.69) is 52.4 Å². The van der Waals surface area contributed by atoms with Crippen LogP contribution in [0, 0.1) is 45.4 Å². The molecule has 262 valence electrons. The van der Waals surface area contributed by atoms with E-state index >= 15 is 0 Å². The van der Waals surface area contributed by atoms with Crippen LogP contribution >= 0.6 is 0 Å². The Morgan fingerprint density at radius 3 is 1.47 bits per heavy atom. The standard InChI is InChI=1S/C16H14FN3.C16H13FN3.C5H12O2.2Ir/c2*1-11-4-3-5-12(2)15(11)20-10-18-19-16(20)13-6-8-14(17)9-7-13;1-4(6)3-5(2)7;;/h3-10H,1-2H3;3-6,8-10H,1-2H3;4-7H,3H2,1-2H3;;/q;-1;;;. The Labute approximate surface area is 313 Å². The number of nitrogens with zero attached hydrogens (tertiary/aromatic N) is 6. The van der Waals surface area contributed by atoms with Gasteiger partial charge < -0.3 is 14.8 Å². The van der Waals surface area contributed by atoms with Gasteiger partial charge >= 0.3 is 0 Å². The van der Waals surface area contributed by atoms with E-state index in [-0.39, 0.29) is 64.1 Å². The van der Waals surface area contributed by atoms with Crippen LogP contribution in [0.15, 0.2) is 91.5 Å². The Bertz CT molecular complexity index is 1710. The van der Waals surface area contributed by atoms with Gasteiger partial charge in [-0.25, -0.2) is 4.39 Å². The molecule has 2 unspecified atom stereocenters. The topological polar surface area (TPSA) is 102 Å². The minimum atomic E-state index is -0.375. The fraction of sp³-hybridized carbons (Fsp3) is 0.243. The van der Waals surface area contributed by atoms with E-state index in [0.717, 1.165) is 39.2 Å². The van der Waals surface area contributed by atoms with Crippen LogP contribution in [0.3, 0.4) is 0 Å². The molecular weight excluding hydrogens is 983 g/mol. The molecule has 0 fully saturated rings. The van der Waals surface area contributed by atoms with Crippen LogP contribution in [0.1, 0.15) is 42.5 Å². The minimum absolute atomic E-state index is 0. The first-order valence-corrected chi connectivity index (χ1v) is 15.2. The third-order valence-electron chi connectivity index (χ3n) is 7.26. The summed E-state index contributed by atoms with van der Waals surface area (Å²) < 4.78 is 29.9. The van der Waals surface area contributed by atoms with Gasteiger partial charge in [-0.05, 0) is 94.5 Å². The Morgan fingerprint density at radius 1 is 0.633 bits per heavy atom. The van der Waals surface area contributed by atoms with E-state index in [1.165, 1.54) is 24.3 Å². The molecule has 0 aliphatic carbocycles. The van der Waals surface area contributed by atoms with Gasteiger partial charge in [0.05, 0.1) is 23.7 Å². The van der Waals surface area contributed by atoms with E-state index < -0.39 is 0 Å². The monoisotopic (exact) mass is 1020 g/mol. The molecule has 49 heavy (non-hydrogen) atoms. The first kappa shape index (κ1) is 41.4. The molecule has 2 N–H and O–H groups in total. The molecule has 0 amide bonds. The summed E-state index contributed by atoms with van der Waals surface area (Å²) in [7, 11) is 0. The minimum Gasteiger partial charge on any atom is -0.393 e. The molecule has 0 aliphatic rings. The third kappa shape index (κ3) is 11.1. The van der Waals surface area contributed by atoms with Crippen molar-refractivity contribution in [3.05, 3.63) is 131 Å². The summed E-state index contributed by atoms with van der Waals surface area (Å²) in [5.41, 5.74) is 8.22. The van der Waals surface area contributed by atoms with Gasteiger partial charge in [-0.1, -0.05) is 36.4 Å². The van der Waals surface area contributed by atoms with Gasteiger partial charge in [0.15, 0.2) is 5.82 Å². The molecule has 0 aliphatic heterocycles. The maximum atomic E-state index is 13.0. The van der Waals surface area contributed by atoms with Crippen LogP contribution in [0.25, 0.3) is 34.2 Å². The summed E-state index contributed by atoms with van der Waals surface area (Å²) in [6.07, 6.45) is 3.08. The molecule has 2 radical (unpaired) electrons. The second-order valence-corrected chi connectivity index (χ2v) is 11.4. The number of rotatable bonds is 6. The van der Waals surface area contributed by atoms with Crippen molar-refractivity contribution in [2.75, 3.05) is 0 Å². The number of hydrogen-bond acceptors (Lipinski definition) is 6. The summed E-state index contributed by atoms with van der Waals surface area (Å²) in [5, 5.41) is 33.4. The van der Waals surface area contributed by atoms with Gasteiger partial charge in [-0.3, -0.25) is 8.96 Å². The van der Waals surface area contributed by atoms with Crippen molar-refractivity contribution < 1.29 is 59.2 Å². The Hall–Kier alpha value is -3.76. The molecule has 0 saturated heterocycles. The Morgan fingerprint density at radius 2 is 1.06 bits per heavy atom. The van der Waals surface area contributed by atoms with Crippen molar-refractivity contribution >= 4 is 0 Å². The Balaban J connectivity index is 0.000000277. The fourth-order valence-corrected chi connectivity index (χ4v) is 5.19. The van der Waals surface area contributed by atoms with Gasteiger partial charge in [0, 0.05) is 57.3 Å². The van der Waals surface area contributed by atoms with Crippen molar-refractivity contribution in [2.24, 2.45) is 0 Å². The Kier molecular flexibility index (Phi) is 16.4. The number of benzene rings is 4. The zero-order valence-corrected chi connectivity index (χ0v) is 32.8. The molecule has 4 aromatic carbocycles. The van der Waals surface area contributed by atoms with Gasteiger partial charge in [0.25, 0.3) is 0 Å². The van der Waals surface area contributed by atoms with Crippen LogP contribution in [-0.4, -0.2) is 51.9 Å². The largest absolute Gasteiger partial charge is 0.393 e. The predicted octanol–water partition coefficient (Wildman–Crippen LogP) is 7.31. The number of halogens is 2. The van der Waals surface area contributed by atoms with Crippen LogP contribution in [0.5, 0.6) is 0 Å².